The second kappa shape index (κ2) is 11.1. The van der Waals surface area contributed by atoms with Crippen LogP contribution in [0.15, 0.2) is 78.0 Å². The average molecular weight is 593 g/mol. The number of hydrogen-bond donors (Lipinski definition) is 1. The van der Waals surface area contributed by atoms with Crippen molar-refractivity contribution in [1.29, 1.82) is 0 Å². The molecule has 1 aliphatic heterocycles. The molecule has 214 valence electrons. The Morgan fingerprint density at radius 1 is 0.976 bits per heavy atom. The van der Waals surface area contributed by atoms with Gasteiger partial charge in [-0.15, -0.1) is 5.10 Å². The van der Waals surface area contributed by atoms with Crippen LogP contribution in [0.3, 0.4) is 0 Å². The van der Waals surface area contributed by atoms with E-state index in [0.29, 0.717) is 38.4 Å². The lowest BCUT2D eigenvalue weighted by atomic mass is 10.1. The summed E-state index contributed by atoms with van der Waals surface area (Å²) in [5, 5.41) is 16.8. The molecule has 6 rings (SSSR count). The number of rotatable bonds is 6. The molecule has 1 fully saturated rings. The fourth-order valence-electron chi connectivity index (χ4n) is 5.15. The first-order valence-corrected chi connectivity index (χ1v) is 13.3. The number of fused-ring (bicyclic) bond motifs is 1. The number of ether oxygens (including phenoxy) is 1. The van der Waals surface area contributed by atoms with Crippen LogP contribution >= 0.6 is 11.6 Å². The van der Waals surface area contributed by atoms with E-state index in [1.165, 1.54) is 22.9 Å². The molecule has 0 atom stereocenters. The fourth-order valence-corrected chi connectivity index (χ4v) is 5.55. The Hall–Kier alpha value is -4.97. The highest BCUT2D eigenvalue weighted by Gasteiger charge is 2.26. The van der Waals surface area contributed by atoms with Crippen LogP contribution in [-0.2, 0) is 6.54 Å². The average Bonchev–Trinajstić information content (AvgIpc) is 3.49. The minimum absolute atomic E-state index is 0.00546. The zero-order valence-electron chi connectivity index (χ0n) is 22.0. The first-order valence-electron chi connectivity index (χ1n) is 13.0. The van der Waals surface area contributed by atoms with Gasteiger partial charge in [-0.3, -0.25) is 4.79 Å². The van der Waals surface area contributed by atoms with E-state index >= 15 is 4.39 Å². The van der Waals surface area contributed by atoms with Gasteiger partial charge in [0.1, 0.15) is 11.6 Å². The summed E-state index contributed by atoms with van der Waals surface area (Å²) >= 11 is 6.89. The summed E-state index contributed by atoms with van der Waals surface area (Å²) in [5.41, 5.74) is 1.84. The third-order valence-electron chi connectivity index (χ3n) is 7.14. The summed E-state index contributed by atoms with van der Waals surface area (Å²) in [6.45, 7) is 2.37. The van der Waals surface area contributed by atoms with Crippen molar-refractivity contribution < 1.29 is 23.4 Å². The summed E-state index contributed by atoms with van der Waals surface area (Å²) in [7, 11) is 0. The topological polar surface area (TPSA) is 106 Å². The molecule has 0 spiro atoms. The summed E-state index contributed by atoms with van der Waals surface area (Å²) < 4.78 is 37.0. The van der Waals surface area contributed by atoms with Crippen molar-refractivity contribution in [3.63, 3.8) is 0 Å². The van der Waals surface area contributed by atoms with Crippen LogP contribution in [-0.4, -0.2) is 57.0 Å². The number of nitrogens with zero attached hydrogens (tertiary/aromatic N) is 6. The molecule has 10 nitrogen and oxygen atoms in total. The highest BCUT2D eigenvalue weighted by molar-refractivity contribution is 6.38. The van der Waals surface area contributed by atoms with Crippen molar-refractivity contribution in [2.24, 2.45) is 0 Å². The highest BCUT2D eigenvalue weighted by Crippen LogP contribution is 2.38. The summed E-state index contributed by atoms with van der Waals surface area (Å²) in [6.07, 6.45) is 2.87. The number of carbonyl (C=O) groups is 1. The normalized spacial score (nSPS) is 13.5. The van der Waals surface area contributed by atoms with Gasteiger partial charge in [0.05, 0.1) is 40.6 Å². The van der Waals surface area contributed by atoms with Crippen molar-refractivity contribution >= 4 is 40.0 Å². The smallest absolute Gasteiger partial charge is 0.449 e. The number of pyridine rings is 1. The van der Waals surface area contributed by atoms with Gasteiger partial charge in [0.2, 0.25) is 5.43 Å². The van der Waals surface area contributed by atoms with E-state index in [-0.39, 0.29) is 27.4 Å². The van der Waals surface area contributed by atoms with E-state index in [1.54, 1.807) is 46.2 Å². The van der Waals surface area contributed by atoms with Crippen molar-refractivity contribution in [2.75, 3.05) is 36.0 Å². The van der Waals surface area contributed by atoms with Crippen molar-refractivity contribution in [1.82, 2.24) is 19.6 Å². The van der Waals surface area contributed by atoms with Crippen LogP contribution in [0.5, 0.6) is 5.75 Å². The molecule has 13 heteroatoms. The number of benzene rings is 3. The minimum atomic E-state index is -1.68. The van der Waals surface area contributed by atoms with Crippen molar-refractivity contribution in [3.8, 4) is 11.4 Å². The summed E-state index contributed by atoms with van der Waals surface area (Å²) in [6, 6.07) is 14.5. The van der Waals surface area contributed by atoms with Gasteiger partial charge in [-0.25, -0.2) is 18.3 Å². The lowest BCUT2D eigenvalue weighted by molar-refractivity contribution is 0.144. The Bertz CT molecular complexity index is 1820. The van der Waals surface area contributed by atoms with E-state index in [1.807, 2.05) is 12.1 Å². The van der Waals surface area contributed by atoms with Crippen LogP contribution in [0.1, 0.15) is 5.56 Å². The Morgan fingerprint density at radius 3 is 2.29 bits per heavy atom. The lowest BCUT2D eigenvalue weighted by Gasteiger charge is -2.38. The van der Waals surface area contributed by atoms with E-state index in [9.17, 15) is 19.1 Å². The Morgan fingerprint density at radius 2 is 1.64 bits per heavy atom. The lowest BCUT2D eigenvalue weighted by Crippen LogP contribution is -2.47. The molecule has 1 N–H and O–H groups in total. The molecule has 1 aliphatic rings. The number of halogens is 3. The molecule has 0 amide bonds. The standard InChI is InChI=1S/C29H23ClF2N6O4/c30-25-26-22(15-23(32)27(25)36-13-11-35(12-14-36)20-7-3-19(31)4-8-20)28(39)24(42-29(40)41)17-38(26)21-5-1-18(2-6-21)16-37-10-9-33-34-37/h1-10,15,17H,11-14,16H2,(H,40,41). The van der Waals surface area contributed by atoms with Crippen molar-refractivity contribution in [3.05, 3.63) is 106 Å². The zero-order valence-corrected chi connectivity index (χ0v) is 22.7. The van der Waals surface area contributed by atoms with Crippen molar-refractivity contribution in [2.45, 2.75) is 6.54 Å². The van der Waals surface area contributed by atoms with E-state index in [4.69, 9.17) is 16.3 Å². The maximum Gasteiger partial charge on any atom is 0.511 e. The van der Waals surface area contributed by atoms with Crippen LogP contribution in [0.2, 0.25) is 5.02 Å². The van der Waals surface area contributed by atoms with Crippen LogP contribution in [0, 0.1) is 11.6 Å². The number of hydrogen-bond acceptors (Lipinski definition) is 7. The second-order valence-corrected chi connectivity index (χ2v) is 10.1. The largest absolute Gasteiger partial charge is 0.511 e. The van der Waals surface area contributed by atoms with Gasteiger partial charge >= 0.3 is 6.16 Å². The van der Waals surface area contributed by atoms with Gasteiger partial charge in [-0.1, -0.05) is 28.9 Å². The number of aromatic nitrogens is 4. The number of carboxylic acid groups (broad SMARTS) is 1. The quantitative estimate of drug-likeness (QED) is 0.276. The zero-order chi connectivity index (χ0) is 29.4. The van der Waals surface area contributed by atoms with Crippen LogP contribution in [0.4, 0.5) is 25.0 Å². The number of piperazine rings is 1. The van der Waals surface area contributed by atoms with Gasteiger partial charge in [0.25, 0.3) is 0 Å². The molecule has 3 aromatic carbocycles. The Balaban J connectivity index is 1.40. The maximum atomic E-state index is 15.7. The molecule has 0 unspecified atom stereocenters. The van der Waals surface area contributed by atoms with Gasteiger partial charge in [-0.05, 0) is 48.0 Å². The highest BCUT2D eigenvalue weighted by atomic mass is 35.5. The maximum absolute atomic E-state index is 15.7. The van der Waals surface area contributed by atoms with Crippen LogP contribution in [0.25, 0.3) is 16.6 Å². The summed E-state index contributed by atoms with van der Waals surface area (Å²) in [5.74, 6) is -1.53. The van der Waals surface area contributed by atoms with Crippen LogP contribution < -0.4 is 20.0 Å². The molecular weight excluding hydrogens is 570 g/mol. The second-order valence-electron chi connectivity index (χ2n) is 9.70. The number of anilines is 2. The first-order chi connectivity index (χ1) is 20.3. The summed E-state index contributed by atoms with van der Waals surface area (Å²) in [4.78, 5) is 28.4. The molecule has 5 aromatic rings. The molecule has 1 saturated heterocycles. The minimum Gasteiger partial charge on any atom is -0.449 e. The fraction of sp³-hybridized carbons (Fsp3) is 0.172. The van der Waals surface area contributed by atoms with Gasteiger partial charge in [0, 0.05) is 43.8 Å². The molecule has 3 heterocycles. The first kappa shape index (κ1) is 27.2. The Kier molecular flexibility index (Phi) is 7.21. The molecule has 0 aliphatic carbocycles. The molecule has 0 bridgehead atoms. The van der Waals surface area contributed by atoms with Gasteiger partial charge in [0.15, 0.2) is 5.75 Å². The monoisotopic (exact) mass is 592 g/mol. The molecular formula is C29H23ClF2N6O4. The third-order valence-corrected chi connectivity index (χ3v) is 7.50. The van der Waals surface area contributed by atoms with Gasteiger partial charge < -0.3 is 24.2 Å². The molecule has 0 saturated carbocycles. The predicted octanol–water partition coefficient (Wildman–Crippen LogP) is 4.95. The molecule has 0 radical (unpaired) electrons. The third kappa shape index (κ3) is 5.23. The molecule has 2 aromatic heterocycles. The van der Waals surface area contributed by atoms with E-state index < -0.39 is 23.2 Å². The van der Waals surface area contributed by atoms with Gasteiger partial charge in [-0.2, -0.15) is 0 Å². The Labute approximate surface area is 242 Å². The molecule has 42 heavy (non-hydrogen) atoms. The SMILES string of the molecule is O=C(O)Oc1cn(-c2ccc(Cn3ccnn3)cc2)c2c(Cl)c(N3CCN(c4ccc(F)cc4)CC3)c(F)cc2c1=O. The van der Waals surface area contributed by atoms with E-state index in [0.717, 1.165) is 17.3 Å². The van der Waals surface area contributed by atoms with E-state index in [2.05, 4.69) is 15.2 Å². The predicted molar refractivity (Wildman–Crippen MR) is 153 cm³/mol.